The van der Waals surface area contributed by atoms with Crippen molar-refractivity contribution in [3.8, 4) is 0 Å². The highest BCUT2D eigenvalue weighted by Crippen LogP contribution is 2.27. The van der Waals surface area contributed by atoms with Gasteiger partial charge in [0.05, 0.1) is 10.7 Å². The SMILES string of the molecule is C1CCc2sc(CC3CCCN3)nc2C1. The van der Waals surface area contributed by atoms with Crippen LogP contribution in [-0.4, -0.2) is 17.6 Å². The second-order valence-electron chi connectivity index (χ2n) is 4.68. The van der Waals surface area contributed by atoms with Crippen molar-refractivity contribution in [2.75, 3.05) is 6.54 Å². The van der Waals surface area contributed by atoms with Crippen molar-refractivity contribution < 1.29 is 0 Å². The number of hydrogen-bond acceptors (Lipinski definition) is 3. The Kier molecular flexibility index (Phi) is 2.76. The lowest BCUT2D eigenvalue weighted by atomic mass is 10.0. The molecule has 0 amide bonds. The first-order chi connectivity index (χ1) is 7.42. The fourth-order valence-corrected chi connectivity index (χ4v) is 3.87. The molecule has 0 spiro atoms. The van der Waals surface area contributed by atoms with Crippen LogP contribution in [-0.2, 0) is 19.3 Å². The van der Waals surface area contributed by atoms with Gasteiger partial charge in [0.25, 0.3) is 0 Å². The predicted octanol–water partition coefficient (Wildman–Crippen LogP) is 2.32. The number of thiazole rings is 1. The van der Waals surface area contributed by atoms with Gasteiger partial charge >= 0.3 is 0 Å². The van der Waals surface area contributed by atoms with Gasteiger partial charge in [0.15, 0.2) is 0 Å². The van der Waals surface area contributed by atoms with E-state index in [0.717, 1.165) is 6.42 Å². The largest absolute Gasteiger partial charge is 0.314 e. The molecule has 0 bridgehead atoms. The molecule has 15 heavy (non-hydrogen) atoms. The number of aryl methyl sites for hydroxylation is 2. The van der Waals surface area contributed by atoms with Crippen LogP contribution < -0.4 is 5.32 Å². The van der Waals surface area contributed by atoms with E-state index < -0.39 is 0 Å². The van der Waals surface area contributed by atoms with Gasteiger partial charge in [-0.15, -0.1) is 11.3 Å². The molecule has 82 valence electrons. The molecule has 1 aromatic heterocycles. The van der Waals surface area contributed by atoms with Crippen LogP contribution in [0.15, 0.2) is 0 Å². The molecule has 1 aromatic rings. The lowest BCUT2D eigenvalue weighted by molar-refractivity contribution is 0.599. The highest BCUT2D eigenvalue weighted by molar-refractivity contribution is 7.11. The smallest absolute Gasteiger partial charge is 0.0946 e. The summed E-state index contributed by atoms with van der Waals surface area (Å²) >= 11 is 1.97. The van der Waals surface area contributed by atoms with Gasteiger partial charge in [0, 0.05) is 17.3 Å². The van der Waals surface area contributed by atoms with Crippen molar-refractivity contribution in [3.05, 3.63) is 15.6 Å². The van der Waals surface area contributed by atoms with Gasteiger partial charge in [-0.1, -0.05) is 0 Å². The Morgan fingerprint density at radius 1 is 1.27 bits per heavy atom. The van der Waals surface area contributed by atoms with E-state index in [-0.39, 0.29) is 0 Å². The van der Waals surface area contributed by atoms with Gasteiger partial charge in [-0.3, -0.25) is 0 Å². The zero-order valence-corrected chi connectivity index (χ0v) is 9.91. The minimum absolute atomic E-state index is 0.706. The third-order valence-electron chi connectivity index (χ3n) is 3.47. The van der Waals surface area contributed by atoms with Crippen LogP contribution in [0.3, 0.4) is 0 Å². The van der Waals surface area contributed by atoms with E-state index in [1.54, 1.807) is 4.88 Å². The van der Waals surface area contributed by atoms with E-state index in [1.807, 2.05) is 11.3 Å². The Morgan fingerprint density at radius 3 is 3.00 bits per heavy atom. The lowest BCUT2D eigenvalue weighted by Gasteiger charge is -2.06. The molecular weight excluding hydrogens is 204 g/mol. The van der Waals surface area contributed by atoms with E-state index in [4.69, 9.17) is 4.98 Å². The van der Waals surface area contributed by atoms with Crippen LogP contribution in [0.4, 0.5) is 0 Å². The summed E-state index contributed by atoms with van der Waals surface area (Å²) in [7, 11) is 0. The van der Waals surface area contributed by atoms with Gasteiger partial charge in [-0.25, -0.2) is 4.98 Å². The molecule has 1 aliphatic carbocycles. The molecule has 2 heterocycles. The van der Waals surface area contributed by atoms with Gasteiger partial charge < -0.3 is 5.32 Å². The summed E-state index contributed by atoms with van der Waals surface area (Å²) in [5, 5.41) is 4.93. The third-order valence-corrected chi connectivity index (χ3v) is 4.65. The quantitative estimate of drug-likeness (QED) is 0.830. The number of nitrogens with zero attached hydrogens (tertiary/aromatic N) is 1. The van der Waals surface area contributed by atoms with Crippen LogP contribution in [0.25, 0.3) is 0 Å². The topological polar surface area (TPSA) is 24.9 Å². The summed E-state index contributed by atoms with van der Waals surface area (Å²) in [6, 6.07) is 0.706. The first-order valence-corrected chi connectivity index (χ1v) is 6.94. The molecule has 1 saturated heterocycles. The predicted molar refractivity (Wildman–Crippen MR) is 63.5 cm³/mol. The molecule has 0 radical (unpaired) electrons. The van der Waals surface area contributed by atoms with Crippen LogP contribution in [0.1, 0.15) is 41.3 Å². The van der Waals surface area contributed by atoms with Crippen molar-refractivity contribution in [1.82, 2.24) is 10.3 Å². The molecule has 2 nitrogen and oxygen atoms in total. The highest BCUT2D eigenvalue weighted by atomic mass is 32.1. The summed E-state index contributed by atoms with van der Waals surface area (Å²) < 4.78 is 0. The van der Waals surface area contributed by atoms with Crippen molar-refractivity contribution >= 4 is 11.3 Å². The molecule has 3 heteroatoms. The number of aromatic nitrogens is 1. The molecule has 1 unspecified atom stereocenters. The first kappa shape index (κ1) is 9.79. The van der Waals surface area contributed by atoms with Crippen LogP contribution in [0.5, 0.6) is 0 Å². The summed E-state index contributed by atoms with van der Waals surface area (Å²) in [5.74, 6) is 0. The van der Waals surface area contributed by atoms with Gasteiger partial charge in [0.1, 0.15) is 0 Å². The van der Waals surface area contributed by atoms with Crippen LogP contribution >= 0.6 is 11.3 Å². The second kappa shape index (κ2) is 4.22. The van der Waals surface area contributed by atoms with E-state index in [9.17, 15) is 0 Å². The zero-order chi connectivity index (χ0) is 10.1. The number of rotatable bonds is 2. The third kappa shape index (κ3) is 2.08. The Balaban J connectivity index is 1.72. The summed E-state index contributed by atoms with van der Waals surface area (Å²) in [4.78, 5) is 6.37. The zero-order valence-electron chi connectivity index (χ0n) is 9.09. The van der Waals surface area contributed by atoms with E-state index in [2.05, 4.69) is 5.32 Å². The fourth-order valence-electron chi connectivity index (χ4n) is 2.63. The van der Waals surface area contributed by atoms with Gasteiger partial charge in [-0.05, 0) is 45.1 Å². The lowest BCUT2D eigenvalue weighted by Crippen LogP contribution is -2.23. The van der Waals surface area contributed by atoms with Crippen molar-refractivity contribution in [2.45, 2.75) is 51.0 Å². The molecule has 1 fully saturated rings. The first-order valence-electron chi connectivity index (χ1n) is 6.12. The molecule has 0 aromatic carbocycles. The number of fused-ring (bicyclic) bond motifs is 1. The van der Waals surface area contributed by atoms with Crippen molar-refractivity contribution in [2.24, 2.45) is 0 Å². The minimum Gasteiger partial charge on any atom is -0.314 e. The van der Waals surface area contributed by atoms with Crippen molar-refractivity contribution in [3.63, 3.8) is 0 Å². The number of hydrogen-bond donors (Lipinski definition) is 1. The monoisotopic (exact) mass is 222 g/mol. The standard InChI is InChI=1S/C12H18N2S/c1-2-6-11-10(5-1)14-12(15-11)8-9-4-3-7-13-9/h9,13H,1-8H2. The van der Waals surface area contributed by atoms with E-state index in [1.165, 1.54) is 55.8 Å². The molecule has 2 aliphatic rings. The summed E-state index contributed by atoms with van der Waals surface area (Å²) in [6.45, 7) is 1.20. The summed E-state index contributed by atoms with van der Waals surface area (Å²) in [5.41, 5.74) is 1.42. The van der Waals surface area contributed by atoms with Gasteiger partial charge in [-0.2, -0.15) is 0 Å². The average molecular weight is 222 g/mol. The van der Waals surface area contributed by atoms with Crippen molar-refractivity contribution in [1.29, 1.82) is 0 Å². The van der Waals surface area contributed by atoms with Gasteiger partial charge in [0.2, 0.25) is 0 Å². The Bertz CT molecular complexity index is 316. The maximum atomic E-state index is 4.79. The number of nitrogens with one attached hydrogen (secondary N) is 1. The second-order valence-corrected chi connectivity index (χ2v) is 5.85. The molecule has 0 saturated carbocycles. The summed E-state index contributed by atoms with van der Waals surface area (Å²) in [6.07, 6.45) is 9.07. The maximum absolute atomic E-state index is 4.79. The van der Waals surface area contributed by atoms with E-state index in [0.29, 0.717) is 6.04 Å². The Hall–Kier alpha value is -0.410. The van der Waals surface area contributed by atoms with E-state index >= 15 is 0 Å². The maximum Gasteiger partial charge on any atom is 0.0946 e. The fraction of sp³-hybridized carbons (Fsp3) is 0.750. The van der Waals surface area contributed by atoms with Crippen LogP contribution in [0.2, 0.25) is 0 Å². The Morgan fingerprint density at radius 2 is 2.20 bits per heavy atom. The average Bonchev–Trinajstić information content (AvgIpc) is 2.86. The highest BCUT2D eigenvalue weighted by Gasteiger charge is 2.19. The Labute approximate surface area is 95.1 Å². The molecule has 1 atom stereocenters. The van der Waals surface area contributed by atoms with Crippen LogP contribution in [0, 0.1) is 0 Å². The normalized spacial score (nSPS) is 25.5. The molecule has 1 aliphatic heterocycles. The minimum atomic E-state index is 0.706. The molecule has 1 N–H and O–H groups in total. The molecular formula is C12H18N2S. The molecule has 3 rings (SSSR count).